The van der Waals surface area contributed by atoms with Crippen LogP contribution in [-0.4, -0.2) is 0 Å². The van der Waals surface area contributed by atoms with Crippen LogP contribution in [0.5, 0.6) is 0 Å². The molecular weight excluding hydrogens is 362 g/mol. The molecule has 2 heteroatoms. The lowest BCUT2D eigenvalue weighted by molar-refractivity contribution is 0.254. The van der Waals surface area contributed by atoms with Crippen LogP contribution >= 0.6 is 0 Å². The molecular formula is C27H30F2. The molecule has 2 aromatic rings. The topological polar surface area (TPSA) is 0 Å². The SMILES string of the molecule is C=CCCC1CCC(CCc2cc(F)c(C#Cc3ccc(C)cc3)c(F)c2)CC1. The summed E-state index contributed by atoms with van der Waals surface area (Å²) in [6.07, 6.45) is 11.1. The fourth-order valence-electron chi connectivity index (χ4n) is 4.19. The van der Waals surface area contributed by atoms with Gasteiger partial charge < -0.3 is 0 Å². The van der Waals surface area contributed by atoms with Crippen molar-refractivity contribution in [1.82, 2.24) is 0 Å². The number of hydrogen-bond donors (Lipinski definition) is 0. The van der Waals surface area contributed by atoms with Gasteiger partial charge >= 0.3 is 0 Å². The summed E-state index contributed by atoms with van der Waals surface area (Å²) in [7, 11) is 0. The van der Waals surface area contributed by atoms with E-state index < -0.39 is 11.6 Å². The molecule has 0 amide bonds. The molecule has 0 aromatic heterocycles. The number of allylic oxidation sites excluding steroid dienone is 1. The van der Waals surface area contributed by atoms with E-state index in [0.717, 1.165) is 41.9 Å². The van der Waals surface area contributed by atoms with Crippen LogP contribution < -0.4 is 0 Å². The molecule has 1 saturated carbocycles. The molecule has 0 bridgehead atoms. The molecule has 0 spiro atoms. The van der Waals surface area contributed by atoms with E-state index in [2.05, 4.69) is 18.4 Å². The Morgan fingerprint density at radius 1 is 0.931 bits per heavy atom. The summed E-state index contributed by atoms with van der Waals surface area (Å²) in [4.78, 5) is 0. The van der Waals surface area contributed by atoms with Crippen molar-refractivity contribution in [3.8, 4) is 11.8 Å². The Morgan fingerprint density at radius 2 is 1.52 bits per heavy atom. The maximum atomic E-state index is 14.5. The Kier molecular flexibility index (Phi) is 7.64. The molecule has 1 aliphatic carbocycles. The first-order chi connectivity index (χ1) is 14.0. The molecule has 3 rings (SSSR count). The molecule has 0 aliphatic heterocycles. The first-order valence-corrected chi connectivity index (χ1v) is 10.7. The molecule has 29 heavy (non-hydrogen) atoms. The van der Waals surface area contributed by atoms with Crippen LogP contribution in [0.2, 0.25) is 0 Å². The summed E-state index contributed by atoms with van der Waals surface area (Å²) < 4.78 is 28.9. The second kappa shape index (κ2) is 10.4. The second-order valence-corrected chi connectivity index (χ2v) is 8.34. The van der Waals surface area contributed by atoms with Gasteiger partial charge in [-0.15, -0.1) is 6.58 Å². The Hall–Kier alpha value is -2.40. The minimum atomic E-state index is -0.562. The zero-order valence-corrected chi connectivity index (χ0v) is 17.3. The highest BCUT2D eigenvalue weighted by atomic mass is 19.1. The fourth-order valence-corrected chi connectivity index (χ4v) is 4.19. The highest BCUT2D eigenvalue weighted by Gasteiger charge is 2.20. The van der Waals surface area contributed by atoms with Gasteiger partial charge in [-0.05, 0) is 74.3 Å². The number of benzene rings is 2. The normalized spacial score (nSPS) is 18.7. The van der Waals surface area contributed by atoms with Crippen molar-refractivity contribution in [2.75, 3.05) is 0 Å². The summed E-state index contributed by atoms with van der Waals surface area (Å²) in [5, 5.41) is 0. The van der Waals surface area contributed by atoms with E-state index >= 15 is 0 Å². The molecule has 1 fully saturated rings. The summed E-state index contributed by atoms with van der Waals surface area (Å²) in [6, 6.07) is 10.5. The van der Waals surface area contributed by atoms with Gasteiger partial charge in [-0.2, -0.15) is 0 Å². The van der Waals surface area contributed by atoms with E-state index in [1.165, 1.54) is 44.2 Å². The Morgan fingerprint density at radius 3 is 2.10 bits per heavy atom. The van der Waals surface area contributed by atoms with Gasteiger partial charge in [0.1, 0.15) is 11.6 Å². The van der Waals surface area contributed by atoms with E-state index in [9.17, 15) is 8.78 Å². The van der Waals surface area contributed by atoms with Crippen molar-refractivity contribution in [2.24, 2.45) is 11.8 Å². The maximum absolute atomic E-state index is 14.5. The zero-order valence-electron chi connectivity index (χ0n) is 17.3. The van der Waals surface area contributed by atoms with Crippen molar-refractivity contribution in [1.29, 1.82) is 0 Å². The molecule has 0 atom stereocenters. The summed E-state index contributed by atoms with van der Waals surface area (Å²) >= 11 is 0. The molecule has 0 unspecified atom stereocenters. The standard InChI is InChI=1S/C27H30F2/c1-3-4-5-21-10-12-23(13-11-21)14-15-24-18-26(28)25(27(29)19-24)17-16-22-8-6-20(2)7-9-22/h3,6-9,18-19,21,23H,1,4-5,10-15H2,2H3. The predicted octanol–water partition coefficient (Wildman–Crippen LogP) is 7.38. The van der Waals surface area contributed by atoms with Crippen molar-refractivity contribution in [2.45, 2.75) is 58.3 Å². The summed E-state index contributed by atoms with van der Waals surface area (Å²) in [5.41, 5.74) is 2.47. The molecule has 2 aromatic carbocycles. The van der Waals surface area contributed by atoms with Gasteiger partial charge in [0.15, 0.2) is 0 Å². The maximum Gasteiger partial charge on any atom is 0.142 e. The summed E-state index contributed by atoms with van der Waals surface area (Å²) in [6.45, 7) is 5.79. The van der Waals surface area contributed by atoms with Gasteiger partial charge in [-0.1, -0.05) is 61.3 Å². The van der Waals surface area contributed by atoms with Crippen LogP contribution in [0.4, 0.5) is 8.78 Å². The molecule has 152 valence electrons. The van der Waals surface area contributed by atoms with Crippen molar-refractivity contribution in [3.05, 3.63) is 82.9 Å². The van der Waals surface area contributed by atoms with Crippen LogP contribution in [0.15, 0.2) is 49.1 Å². The minimum absolute atomic E-state index is 0.142. The lowest BCUT2D eigenvalue weighted by Gasteiger charge is -2.28. The smallest absolute Gasteiger partial charge is 0.142 e. The average molecular weight is 393 g/mol. The predicted molar refractivity (Wildman–Crippen MR) is 117 cm³/mol. The van der Waals surface area contributed by atoms with Crippen LogP contribution in [0.3, 0.4) is 0 Å². The Bertz CT molecular complexity index is 852. The molecule has 0 radical (unpaired) electrons. The average Bonchev–Trinajstić information content (AvgIpc) is 2.72. The monoisotopic (exact) mass is 392 g/mol. The fraction of sp³-hybridized carbons (Fsp3) is 0.407. The lowest BCUT2D eigenvalue weighted by Crippen LogP contribution is -2.15. The van der Waals surface area contributed by atoms with Gasteiger partial charge in [-0.3, -0.25) is 0 Å². The first-order valence-electron chi connectivity index (χ1n) is 10.7. The van der Waals surface area contributed by atoms with Crippen molar-refractivity contribution < 1.29 is 8.78 Å². The van der Waals surface area contributed by atoms with E-state index in [0.29, 0.717) is 5.92 Å². The Labute approximate surface area is 174 Å². The van der Waals surface area contributed by atoms with Crippen molar-refractivity contribution in [3.63, 3.8) is 0 Å². The quantitative estimate of drug-likeness (QED) is 0.355. The Balaban J connectivity index is 1.57. The van der Waals surface area contributed by atoms with E-state index in [1.54, 1.807) is 0 Å². The summed E-state index contributed by atoms with van der Waals surface area (Å²) in [5.74, 6) is 5.89. The van der Waals surface area contributed by atoms with Crippen LogP contribution in [-0.2, 0) is 6.42 Å². The zero-order chi connectivity index (χ0) is 20.6. The lowest BCUT2D eigenvalue weighted by atomic mass is 9.78. The highest BCUT2D eigenvalue weighted by Crippen LogP contribution is 2.34. The van der Waals surface area contributed by atoms with E-state index in [1.807, 2.05) is 37.3 Å². The first kappa shape index (κ1) is 21.3. The minimum Gasteiger partial charge on any atom is -0.206 e. The number of hydrogen-bond acceptors (Lipinski definition) is 0. The largest absolute Gasteiger partial charge is 0.206 e. The van der Waals surface area contributed by atoms with Crippen LogP contribution in [0, 0.1) is 42.2 Å². The molecule has 0 heterocycles. The van der Waals surface area contributed by atoms with Crippen LogP contribution in [0.1, 0.15) is 67.2 Å². The second-order valence-electron chi connectivity index (χ2n) is 8.34. The third kappa shape index (κ3) is 6.29. The van der Waals surface area contributed by atoms with Gasteiger partial charge in [0.05, 0.1) is 5.56 Å². The number of halogens is 2. The highest BCUT2D eigenvalue weighted by molar-refractivity contribution is 5.45. The molecule has 0 saturated heterocycles. The number of rotatable bonds is 6. The number of aryl methyl sites for hydroxylation is 2. The van der Waals surface area contributed by atoms with Gasteiger partial charge in [0, 0.05) is 5.56 Å². The van der Waals surface area contributed by atoms with E-state index in [-0.39, 0.29) is 5.56 Å². The third-order valence-electron chi connectivity index (χ3n) is 6.07. The molecule has 0 nitrogen and oxygen atoms in total. The molecule has 0 N–H and O–H groups in total. The van der Waals surface area contributed by atoms with Gasteiger partial charge in [-0.25, -0.2) is 8.78 Å². The van der Waals surface area contributed by atoms with Crippen LogP contribution in [0.25, 0.3) is 0 Å². The third-order valence-corrected chi connectivity index (χ3v) is 6.07. The van der Waals surface area contributed by atoms with Gasteiger partial charge in [0.25, 0.3) is 0 Å². The van der Waals surface area contributed by atoms with Crippen molar-refractivity contribution >= 4 is 0 Å². The molecule has 1 aliphatic rings. The van der Waals surface area contributed by atoms with Gasteiger partial charge in [0.2, 0.25) is 0 Å². The van der Waals surface area contributed by atoms with E-state index in [4.69, 9.17) is 0 Å².